The molecule has 1 rings (SSSR count). The Morgan fingerprint density at radius 2 is 2.15 bits per heavy atom. The summed E-state index contributed by atoms with van der Waals surface area (Å²) in [5.74, 6) is 0. The van der Waals surface area contributed by atoms with E-state index in [2.05, 4.69) is 18.5 Å². The number of hydrogen-bond donors (Lipinski definition) is 1. The van der Waals surface area contributed by atoms with Gasteiger partial charge < -0.3 is 4.84 Å². The lowest BCUT2D eigenvalue weighted by atomic mass is 10.1. The molecule has 3 heteroatoms. The first-order chi connectivity index (χ1) is 6.27. The molecule has 1 aromatic rings. The van der Waals surface area contributed by atoms with Gasteiger partial charge in [0.25, 0.3) is 0 Å². The van der Waals surface area contributed by atoms with Crippen LogP contribution in [-0.4, -0.2) is 7.11 Å². The van der Waals surface area contributed by atoms with Crippen LogP contribution in [0.5, 0.6) is 0 Å². The number of nitrogens with one attached hydrogen (secondary N) is 1. The van der Waals surface area contributed by atoms with E-state index in [1.165, 1.54) is 11.1 Å². The zero-order valence-corrected chi connectivity index (χ0v) is 8.69. The lowest BCUT2D eigenvalue weighted by Gasteiger charge is -2.08. The summed E-state index contributed by atoms with van der Waals surface area (Å²) >= 11 is 5.88. The maximum atomic E-state index is 5.88. The predicted octanol–water partition coefficient (Wildman–Crippen LogP) is 2.55. The molecule has 0 fully saturated rings. The fraction of sp³-hybridized carbons (Fsp3) is 0.400. The van der Waals surface area contributed by atoms with E-state index >= 15 is 0 Å². The molecule has 0 amide bonds. The summed E-state index contributed by atoms with van der Waals surface area (Å²) in [7, 11) is 1.61. The Morgan fingerprint density at radius 1 is 1.38 bits per heavy atom. The summed E-state index contributed by atoms with van der Waals surface area (Å²) in [6.45, 7) is 2.82. The number of aryl methyl sites for hydroxylation is 1. The van der Waals surface area contributed by atoms with Crippen LogP contribution in [0.4, 0.5) is 0 Å². The van der Waals surface area contributed by atoms with Crippen molar-refractivity contribution in [3.63, 3.8) is 0 Å². The van der Waals surface area contributed by atoms with Crippen molar-refractivity contribution in [1.82, 2.24) is 5.48 Å². The largest absolute Gasteiger partial charge is 0.305 e. The van der Waals surface area contributed by atoms with E-state index in [1.54, 1.807) is 7.11 Å². The maximum Gasteiger partial charge on any atom is 0.0572 e. The van der Waals surface area contributed by atoms with E-state index in [0.717, 1.165) is 11.4 Å². The topological polar surface area (TPSA) is 21.3 Å². The number of hydrogen-bond acceptors (Lipinski definition) is 2. The first-order valence-corrected chi connectivity index (χ1v) is 4.69. The third kappa shape index (κ3) is 2.99. The fourth-order valence-corrected chi connectivity index (χ4v) is 1.45. The highest BCUT2D eigenvalue weighted by molar-refractivity contribution is 6.30. The average molecular weight is 200 g/mol. The predicted molar refractivity (Wildman–Crippen MR) is 54.7 cm³/mol. The molecule has 0 aromatic heterocycles. The van der Waals surface area contributed by atoms with Gasteiger partial charge in [-0.15, -0.1) is 0 Å². The Morgan fingerprint density at radius 3 is 2.77 bits per heavy atom. The molecule has 13 heavy (non-hydrogen) atoms. The van der Waals surface area contributed by atoms with E-state index in [9.17, 15) is 0 Å². The van der Waals surface area contributed by atoms with Crippen LogP contribution in [0.25, 0.3) is 0 Å². The van der Waals surface area contributed by atoms with Gasteiger partial charge in [0.1, 0.15) is 0 Å². The van der Waals surface area contributed by atoms with Crippen molar-refractivity contribution >= 4 is 11.6 Å². The van der Waals surface area contributed by atoms with Crippen molar-refractivity contribution in [2.24, 2.45) is 0 Å². The molecule has 0 atom stereocenters. The molecule has 0 radical (unpaired) electrons. The van der Waals surface area contributed by atoms with Gasteiger partial charge >= 0.3 is 0 Å². The highest BCUT2D eigenvalue weighted by Crippen LogP contribution is 2.16. The molecule has 0 saturated carbocycles. The van der Waals surface area contributed by atoms with Crippen LogP contribution >= 0.6 is 11.6 Å². The van der Waals surface area contributed by atoms with E-state index < -0.39 is 0 Å². The van der Waals surface area contributed by atoms with Crippen LogP contribution < -0.4 is 5.48 Å². The first-order valence-electron chi connectivity index (χ1n) is 4.31. The molecule has 0 aliphatic rings. The van der Waals surface area contributed by atoms with Gasteiger partial charge in [0, 0.05) is 11.6 Å². The van der Waals surface area contributed by atoms with Crippen LogP contribution in [0.2, 0.25) is 5.02 Å². The van der Waals surface area contributed by atoms with E-state index in [1.807, 2.05) is 12.1 Å². The molecular weight excluding hydrogens is 186 g/mol. The quantitative estimate of drug-likeness (QED) is 0.753. The smallest absolute Gasteiger partial charge is 0.0572 e. The fourth-order valence-electron chi connectivity index (χ4n) is 1.25. The van der Waals surface area contributed by atoms with Crippen molar-refractivity contribution < 1.29 is 4.84 Å². The minimum Gasteiger partial charge on any atom is -0.305 e. The second kappa shape index (κ2) is 5.22. The van der Waals surface area contributed by atoms with E-state index in [-0.39, 0.29) is 0 Å². The van der Waals surface area contributed by atoms with Crippen LogP contribution in [0.3, 0.4) is 0 Å². The highest BCUT2D eigenvalue weighted by atomic mass is 35.5. The van der Waals surface area contributed by atoms with Gasteiger partial charge in [-0.1, -0.05) is 24.6 Å². The number of hydroxylamine groups is 1. The number of halogens is 1. The molecule has 72 valence electrons. The molecule has 0 aliphatic carbocycles. The van der Waals surface area contributed by atoms with Crippen LogP contribution in [-0.2, 0) is 17.8 Å². The third-order valence-electron chi connectivity index (χ3n) is 1.96. The normalized spacial score (nSPS) is 10.4. The van der Waals surface area contributed by atoms with Crippen molar-refractivity contribution in [1.29, 1.82) is 0 Å². The Hall–Kier alpha value is -0.570. The van der Waals surface area contributed by atoms with Crippen molar-refractivity contribution in [2.45, 2.75) is 19.9 Å². The Labute approximate surface area is 83.8 Å². The zero-order chi connectivity index (χ0) is 9.68. The third-order valence-corrected chi connectivity index (χ3v) is 2.19. The molecule has 0 unspecified atom stereocenters. The van der Waals surface area contributed by atoms with E-state index in [4.69, 9.17) is 16.4 Å². The van der Waals surface area contributed by atoms with Gasteiger partial charge in [-0.2, -0.15) is 5.48 Å². The molecular formula is C10H14ClNO. The van der Waals surface area contributed by atoms with Crippen LogP contribution in [0, 0.1) is 0 Å². The lowest BCUT2D eigenvalue weighted by molar-refractivity contribution is 0.0865. The maximum absolute atomic E-state index is 5.88. The summed E-state index contributed by atoms with van der Waals surface area (Å²) in [4.78, 5) is 4.79. The molecule has 0 heterocycles. The molecule has 1 aromatic carbocycles. The van der Waals surface area contributed by atoms with Crippen molar-refractivity contribution in [3.05, 3.63) is 34.3 Å². The van der Waals surface area contributed by atoms with Crippen molar-refractivity contribution in [3.8, 4) is 0 Å². The van der Waals surface area contributed by atoms with E-state index in [0.29, 0.717) is 6.54 Å². The second-order valence-electron chi connectivity index (χ2n) is 2.79. The summed E-state index contributed by atoms with van der Waals surface area (Å²) in [6, 6.07) is 5.93. The highest BCUT2D eigenvalue weighted by Gasteiger charge is 2.00. The SMILES string of the molecule is CCc1ccc(Cl)cc1CNOC. The van der Waals surface area contributed by atoms with Gasteiger partial charge in [-0.25, -0.2) is 0 Å². The Balaban J connectivity index is 2.81. The van der Waals surface area contributed by atoms with Gasteiger partial charge in [0.05, 0.1) is 7.11 Å². The van der Waals surface area contributed by atoms with Gasteiger partial charge in [0.2, 0.25) is 0 Å². The average Bonchev–Trinajstić information content (AvgIpc) is 2.15. The lowest BCUT2D eigenvalue weighted by Crippen LogP contribution is -2.12. The van der Waals surface area contributed by atoms with Gasteiger partial charge in [0.15, 0.2) is 0 Å². The summed E-state index contributed by atoms with van der Waals surface area (Å²) < 4.78 is 0. The first kappa shape index (κ1) is 10.5. The number of rotatable bonds is 4. The van der Waals surface area contributed by atoms with Crippen LogP contribution in [0.15, 0.2) is 18.2 Å². The monoisotopic (exact) mass is 199 g/mol. The summed E-state index contributed by atoms with van der Waals surface area (Å²) in [6.07, 6.45) is 1.01. The Bertz CT molecular complexity index is 276. The number of benzene rings is 1. The molecule has 0 saturated heterocycles. The zero-order valence-electron chi connectivity index (χ0n) is 7.93. The van der Waals surface area contributed by atoms with Gasteiger partial charge in [-0.05, 0) is 29.7 Å². The van der Waals surface area contributed by atoms with Gasteiger partial charge in [-0.3, -0.25) is 0 Å². The standard InChI is InChI=1S/C10H14ClNO/c1-3-8-4-5-10(11)6-9(8)7-12-13-2/h4-6,12H,3,7H2,1-2H3. The molecule has 0 aliphatic heterocycles. The van der Waals surface area contributed by atoms with Crippen LogP contribution in [0.1, 0.15) is 18.1 Å². The summed E-state index contributed by atoms with van der Waals surface area (Å²) in [5.41, 5.74) is 5.30. The Kier molecular flexibility index (Phi) is 4.22. The summed E-state index contributed by atoms with van der Waals surface area (Å²) in [5, 5.41) is 0.769. The minimum atomic E-state index is 0.695. The molecule has 2 nitrogen and oxygen atoms in total. The second-order valence-corrected chi connectivity index (χ2v) is 3.23. The molecule has 1 N–H and O–H groups in total. The molecule has 0 bridgehead atoms. The van der Waals surface area contributed by atoms with Crippen molar-refractivity contribution in [2.75, 3.05) is 7.11 Å². The molecule has 0 spiro atoms. The minimum absolute atomic E-state index is 0.695.